The summed E-state index contributed by atoms with van der Waals surface area (Å²) in [4.78, 5) is 0. The Balaban J connectivity index is 2.30. The molecule has 0 aliphatic carbocycles. The number of halogens is 1. The normalized spacial score (nSPS) is 12.6. The van der Waals surface area contributed by atoms with Crippen molar-refractivity contribution in [3.8, 4) is 5.69 Å². The fourth-order valence-electron chi connectivity index (χ4n) is 1.86. The minimum Gasteiger partial charge on any atom is -0.307 e. The maximum Gasteiger partial charge on any atom is 0.173 e. The average molecular weight is 324 g/mol. The van der Waals surface area contributed by atoms with E-state index in [4.69, 9.17) is 0 Å². The molecule has 0 spiro atoms. The van der Waals surface area contributed by atoms with E-state index in [-0.39, 0.29) is 6.04 Å². The first-order valence-electron chi connectivity index (χ1n) is 6.41. The van der Waals surface area contributed by atoms with E-state index < -0.39 is 0 Å². The first kappa shape index (κ1) is 14.1. The molecule has 6 heteroatoms. The number of hydrogen-bond acceptors (Lipinski definition) is 4. The van der Waals surface area contributed by atoms with Crippen LogP contribution in [0.5, 0.6) is 0 Å². The van der Waals surface area contributed by atoms with Crippen LogP contribution in [-0.4, -0.2) is 26.8 Å². The molecular weight excluding hydrogens is 306 g/mol. The van der Waals surface area contributed by atoms with E-state index in [0.29, 0.717) is 0 Å². The standard InChI is InChI=1S/C13H18BrN5/c1-4-7-15-10(3)13-16-17-18-19(13)11-5-6-12(14)9(2)8-11/h5-6,8,10,15H,4,7H2,1-3H3. The molecule has 1 unspecified atom stereocenters. The molecule has 0 aliphatic rings. The molecule has 0 bridgehead atoms. The second-order valence-corrected chi connectivity index (χ2v) is 5.41. The summed E-state index contributed by atoms with van der Waals surface area (Å²) < 4.78 is 2.87. The number of nitrogens with zero attached hydrogens (tertiary/aromatic N) is 4. The van der Waals surface area contributed by atoms with Gasteiger partial charge in [-0.3, -0.25) is 0 Å². The molecule has 1 heterocycles. The van der Waals surface area contributed by atoms with Crippen molar-refractivity contribution in [2.45, 2.75) is 33.2 Å². The van der Waals surface area contributed by atoms with Crippen LogP contribution in [0.1, 0.15) is 37.7 Å². The molecule has 0 saturated carbocycles. The van der Waals surface area contributed by atoms with Gasteiger partial charge in [0.2, 0.25) is 0 Å². The van der Waals surface area contributed by atoms with Crippen molar-refractivity contribution in [1.82, 2.24) is 25.5 Å². The molecule has 0 saturated heterocycles. The van der Waals surface area contributed by atoms with Crippen LogP contribution in [0.4, 0.5) is 0 Å². The summed E-state index contributed by atoms with van der Waals surface area (Å²) >= 11 is 3.50. The van der Waals surface area contributed by atoms with E-state index in [9.17, 15) is 0 Å². The van der Waals surface area contributed by atoms with E-state index in [1.165, 1.54) is 0 Å². The van der Waals surface area contributed by atoms with Gasteiger partial charge >= 0.3 is 0 Å². The molecular formula is C13H18BrN5. The highest BCUT2D eigenvalue weighted by Gasteiger charge is 2.15. The van der Waals surface area contributed by atoms with Gasteiger partial charge in [-0.05, 0) is 61.0 Å². The fraction of sp³-hybridized carbons (Fsp3) is 0.462. The lowest BCUT2D eigenvalue weighted by Gasteiger charge is -2.13. The smallest absolute Gasteiger partial charge is 0.173 e. The van der Waals surface area contributed by atoms with Gasteiger partial charge in [0.1, 0.15) is 0 Å². The quantitative estimate of drug-likeness (QED) is 0.919. The minimum atomic E-state index is 0.124. The lowest BCUT2D eigenvalue weighted by molar-refractivity contribution is 0.531. The van der Waals surface area contributed by atoms with Gasteiger partial charge in [-0.15, -0.1) is 5.10 Å². The van der Waals surface area contributed by atoms with Crippen molar-refractivity contribution in [1.29, 1.82) is 0 Å². The summed E-state index contributed by atoms with van der Waals surface area (Å²) in [5, 5.41) is 15.4. The first-order chi connectivity index (χ1) is 9.13. The molecule has 0 aliphatic heterocycles. The van der Waals surface area contributed by atoms with Crippen molar-refractivity contribution in [2.75, 3.05) is 6.54 Å². The molecule has 5 nitrogen and oxygen atoms in total. The summed E-state index contributed by atoms with van der Waals surface area (Å²) in [6, 6.07) is 6.21. The van der Waals surface area contributed by atoms with Crippen molar-refractivity contribution >= 4 is 15.9 Å². The lowest BCUT2D eigenvalue weighted by Crippen LogP contribution is -2.22. The Bertz CT molecular complexity index is 552. The third-order valence-corrected chi connectivity index (χ3v) is 3.86. The highest BCUT2D eigenvalue weighted by atomic mass is 79.9. The molecule has 1 atom stereocenters. The molecule has 102 valence electrons. The van der Waals surface area contributed by atoms with Crippen LogP contribution in [0.15, 0.2) is 22.7 Å². The van der Waals surface area contributed by atoms with Crippen molar-refractivity contribution in [3.05, 3.63) is 34.1 Å². The van der Waals surface area contributed by atoms with Gasteiger partial charge in [0.25, 0.3) is 0 Å². The van der Waals surface area contributed by atoms with Crippen molar-refractivity contribution in [3.63, 3.8) is 0 Å². The van der Waals surface area contributed by atoms with E-state index in [1.54, 1.807) is 4.68 Å². The van der Waals surface area contributed by atoms with Crippen LogP contribution in [0.3, 0.4) is 0 Å². The highest BCUT2D eigenvalue weighted by Crippen LogP contribution is 2.20. The molecule has 1 N–H and O–H groups in total. The summed E-state index contributed by atoms with van der Waals surface area (Å²) in [6.45, 7) is 7.22. The Morgan fingerprint density at radius 2 is 2.21 bits per heavy atom. The average Bonchev–Trinajstić information content (AvgIpc) is 2.88. The van der Waals surface area contributed by atoms with Crippen LogP contribution in [-0.2, 0) is 0 Å². The summed E-state index contributed by atoms with van der Waals surface area (Å²) in [5.41, 5.74) is 2.14. The van der Waals surface area contributed by atoms with Crippen molar-refractivity contribution in [2.24, 2.45) is 0 Å². The lowest BCUT2D eigenvalue weighted by atomic mass is 10.2. The molecule has 0 amide bonds. The Morgan fingerprint density at radius 3 is 2.89 bits per heavy atom. The minimum absolute atomic E-state index is 0.124. The van der Waals surface area contributed by atoms with Gasteiger partial charge in [-0.2, -0.15) is 4.68 Å². The Morgan fingerprint density at radius 1 is 1.42 bits per heavy atom. The zero-order valence-corrected chi connectivity index (χ0v) is 13.0. The van der Waals surface area contributed by atoms with Gasteiger partial charge in [-0.25, -0.2) is 0 Å². The van der Waals surface area contributed by atoms with Crippen LogP contribution in [0.2, 0.25) is 0 Å². The largest absolute Gasteiger partial charge is 0.307 e. The predicted molar refractivity (Wildman–Crippen MR) is 78.3 cm³/mol. The second kappa shape index (κ2) is 6.25. The number of aryl methyl sites for hydroxylation is 1. The number of nitrogens with one attached hydrogen (secondary N) is 1. The molecule has 19 heavy (non-hydrogen) atoms. The third-order valence-electron chi connectivity index (χ3n) is 2.97. The molecule has 1 aromatic carbocycles. The van der Waals surface area contributed by atoms with Crippen LogP contribution < -0.4 is 5.32 Å². The third kappa shape index (κ3) is 3.19. The molecule has 0 fully saturated rings. The first-order valence-corrected chi connectivity index (χ1v) is 7.21. The van der Waals surface area contributed by atoms with Gasteiger partial charge in [-0.1, -0.05) is 22.9 Å². The SMILES string of the molecule is CCCNC(C)c1nnnn1-c1ccc(Br)c(C)c1. The predicted octanol–water partition coefficient (Wildman–Crippen LogP) is 2.79. The van der Waals surface area contributed by atoms with Gasteiger partial charge in [0.05, 0.1) is 11.7 Å². The van der Waals surface area contributed by atoms with Crippen LogP contribution in [0.25, 0.3) is 5.69 Å². The second-order valence-electron chi connectivity index (χ2n) is 4.56. The topological polar surface area (TPSA) is 55.6 Å². The van der Waals surface area contributed by atoms with Crippen molar-refractivity contribution < 1.29 is 0 Å². The van der Waals surface area contributed by atoms with E-state index >= 15 is 0 Å². The van der Waals surface area contributed by atoms with Gasteiger partial charge in [0, 0.05) is 4.47 Å². The molecule has 2 rings (SSSR count). The monoisotopic (exact) mass is 323 g/mol. The summed E-state index contributed by atoms with van der Waals surface area (Å²) in [6.07, 6.45) is 1.09. The maximum atomic E-state index is 4.13. The number of benzene rings is 1. The Labute approximate surface area is 121 Å². The Kier molecular flexibility index (Phi) is 4.66. The summed E-state index contributed by atoms with van der Waals surface area (Å²) in [5.74, 6) is 0.829. The molecule has 1 aromatic heterocycles. The zero-order valence-electron chi connectivity index (χ0n) is 11.4. The molecule has 0 radical (unpaired) electrons. The highest BCUT2D eigenvalue weighted by molar-refractivity contribution is 9.10. The number of aromatic nitrogens is 4. The van der Waals surface area contributed by atoms with Crippen LogP contribution in [0, 0.1) is 6.92 Å². The van der Waals surface area contributed by atoms with Gasteiger partial charge in [0.15, 0.2) is 5.82 Å². The Hall–Kier alpha value is -1.27. The molecule has 2 aromatic rings. The van der Waals surface area contributed by atoms with Gasteiger partial charge < -0.3 is 5.32 Å². The fourth-order valence-corrected chi connectivity index (χ4v) is 2.11. The number of tetrazole rings is 1. The number of rotatable bonds is 5. The van der Waals surface area contributed by atoms with Crippen LogP contribution >= 0.6 is 15.9 Å². The van der Waals surface area contributed by atoms with E-state index in [1.807, 2.05) is 12.1 Å². The van der Waals surface area contributed by atoms with E-state index in [0.717, 1.165) is 34.5 Å². The van der Waals surface area contributed by atoms with E-state index in [2.05, 4.69) is 63.6 Å². The maximum absolute atomic E-state index is 4.13. The number of hydrogen-bond donors (Lipinski definition) is 1. The zero-order chi connectivity index (χ0) is 13.8. The summed E-state index contributed by atoms with van der Waals surface area (Å²) in [7, 11) is 0.